The lowest BCUT2D eigenvalue weighted by Gasteiger charge is -2.15. The highest BCUT2D eigenvalue weighted by Crippen LogP contribution is 2.16. The molecule has 1 amide bonds. The minimum absolute atomic E-state index is 0.154. The second-order valence-electron chi connectivity index (χ2n) is 5.71. The Balaban J connectivity index is 1.60. The summed E-state index contributed by atoms with van der Waals surface area (Å²) >= 11 is 0. The molecular weight excluding hydrogens is 335 g/mol. The molecule has 0 bridgehead atoms. The monoisotopic (exact) mass is 354 g/mol. The molecule has 1 aromatic carbocycles. The summed E-state index contributed by atoms with van der Waals surface area (Å²) in [5, 5.41) is 9.69. The van der Waals surface area contributed by atoms with E-state index in [-0.39, 0.29) is 30.1 Å². The summed E-state index contributed by atoms with van der Waals surface area (Å²) in [7, 11) is 0. The quantitative estimate of drug-likeness (QED) is 0.681. The fourth-order valence-corrected chi connectivity index (χ4v) is 2.47. The van der Waals surface area contributed by atoms with Gasteiger partial charge in [-0.15, -0.1) is 0 Å². The maximum atomic E-state index is 13.1. The molecule has 0 saturated heterocycles. The standard InChI is InChI=1S/C19H19FN4O2/c1-2-16(17-8-3-4-9-21-17)22-19(25)18-11-14(23-24-18)12-26-15-7-5-6-13(20)10-15/h3-11,16H,2,12H2,1H3,(H,22,25)(H,23,24). The number of amides is 1. The summed E-state index contributed by atoms with van der Waals surface area (Å²) in [5.74, 6) is -0.255. The van der Waals surface area contributed by atoms with Crippen LogP contribution in [0.4, 0.5) is 4.39 Å². The molecule has 0 saturated carbocycles. The molecule has 3 rings (SSSR count). The molecule has 0 radical (unpaired) electrons. The van der Waals surface area contributed by atoms with Crippen LogP contribution in [-0.2, 0) is 6.61 Å². The Hall–Kier alpha value is -3.22. The molecule has 6 nitrogen and oxygen atoms in total. The SMILES string of the molecule is CCC(NC(=O)c1cc(COc2cccc(F)c2)[nH]n1)c1ccccn1. The zero-order valence-electron chi connectivity index (χ0n) is 14.3. The number of hydrogen-bond acceptors (Lipinski definition) is 4. The number of aromatic nitrogens is 3. The summed E-state index contributed by atoms with van der Waals surface area (Å²) in [4.78, 5) is 16.7. The average Bonchev–Trinajstić information content (AvgIpc) is 3.14. The van der Waals surface area contributed by atoms with Crippen molar-refractivity contribution in [2.75, 3.05) is 0 Å². The van der Waals surface area contributed by atoms with E-state index in [0.717, 1.165) is 5.69 Å². The number of nitrogens with one attached hydrogen (secondary N) is 2. The number of rotatable bonds is 7. The van der Waals surface area contributed by atoms with Gasteiger partial charge in [0.1, 0.15) is 23.9 Å². The van der Waals surface area contributed by atoms with Crippen molar-refractivity contribution in [3.63, 3.8) is 0 Å². The number of H-pyrrole nitrogens is 1. The molecule has 2 heterocycles. The summed E-state index contributed by atoms with van der Waals surface area (Å²) in [5.41, 5.74) is 1.68. The molecule has 3 aromatic rings. The summed E-state index contributed by atoms with van der Waals surface area (Å²) in [6, 6.07) is 12.9. The van der Waals surface area contributed by atoms with Crippen molar-refractivity contribution in [2.45, 2.75) is 26.0 Å². The van der Waals surface area contributed by atoms with E-state index in [1.807, 2.05) is 25.1 Å². The van der Waals surface area contributed by atoms with Gasteiger partial charge in [0.05, 0.1) is 17.4 Å². The van der Waals surface area contributed by atoms with Crippen molar-refractivity contribution in [3.8, 4) is 5.75 Å². The lowest BCUT2D eigenvalue weighted by atomic mass is 10.1. The van der Waals surface area contributed by atoms with Crippen molar-refractivity contribution in [1.82, 2.24) is 20.5 Å². The van der Waals surface area contributed by atoms with E-state index in [1.54, 1.807) is 24.4 Å². The summed E-state index contributed by atoms with van der Waals surface area (Å²) in [6.45, 7) is 2.13. The first-order chi connectivity index (χ1) is 12.7. The van der Waals surface area contributed by atoms with Gasteiger partial charge in [0.25, 0.3) is 5.91 Å². The first-order valence-electron chi connectivity index (χ1n) is 8.30. The van der Waals surface area contributed by atoms with Gasteiger partial charge in [-0.2, -0.15) is 5.10 Å². The van der Waals surface area contributed by atoms with Gasteiger partial charge in [-0.3, -0.25) is 14.9 Å². The second kappa shape index (κ2) is 8.24. The predicted octanol–water partition coefficient (Wildman–Crippen LogP) is 3.40. The molecule has 1 atom stereocenters. The van der Waals surface area contributed by atoms with Crippen LogP contribution in [-0.4, -0.2) is 21.1 Å². The van der Waals surface area contributed by atoms with E-state index >= 15 is 0 Å². The molecule has 26 heavy (non-hydrogen) atoms. The number of halogens is 1. The third-order valence-corrected chi connectivity index (χ3v) is 3.81. The van der Waals surface area contributed by atoms with Crippen LogP contribution in [0.3, 0.4) is 0 Å². The van der Waals surface area contributed by atoms with Crippen molar-refractivity contribution in [2.24, 2.45) is 0 Å². The highest BCUT2D eigenvalue weighted by Gasteiger charge is 2.17. The number of nitrogens with zero attached hydrogens (tertiary/aromatic N) is 2. The van der Waals surface area contributed by atoms with E-state index in [4.69, 9.17) is 4.74 Å². The van der Waals surface area contributed by atoms with Crippen molar-refractivity contribution < 1.29 is 13.9 Å². The van der Waals surface area contributed by atoms with Crippen LogP contribution in [0, 0.1) is 5.82 Å². The van der Waals surface area contributed by atoms with Gasteiger partial charge in [-0.1, -0.05) is 19.1 Å². The van der Waals surface area contributed by atoms with Crippen LogP contribution in [0.25, 0.3) is 0 Å². The topological polar surface area (TPSA) is 79.9 Å². The Labute approximate surface area is 150 Å². The minimum Gasteiger partial charge on any atom is -0.487 e. The fourth-order valence-electron chi connectivity index (χ4n) is 2.47. The molecule has 0 aliphatic carbocycles. The highest BCUT2D eigenvalue weighted by atomic mass is 19.1. The van der Waals surface area contributed by atoms with E-state index in [9.17, 15) is 9.18 Å². The van der Waals surface area contributed by atoms with Crippen LogP contribution in [0.5, 0.6) is 5.75 Å². The van der Waals surface area contributed by atoms with Crippen molar-refractivity contribution >= 4 is 5.91 Å². The summed E-state index contributed by atoms with van der Waals surface area (Å²) < 4.78 is 18.6. The lowest BCUT2D eigenvalue weighted by molar-refractivity contribution is 0.0929. The highest BCUT2D eigenvalue weighted by molar-refractivity contribution is 5.92. The number of ether oxygens (including phenoxy) is 1. The van der Waals surface area contributed by atoms with Gasteiger partial charge < -0.3 is 10.1 Å². The summed E-state index contributed by atoms with van der Waals surface area (Å²) in [6.07, 6.45) is 2.41. The third kappa shape index (κ3) is 4.44. The number of benzene rings is 1. The Morgan fingerprint density at radius 1 is 1.27 bits per heavy atom. The lowest BCUT2D eigenvalue weighted by Crippen LogP contribution is -2.29. The van der Waals surface area contributed by atoms with E-state index < -0.39 is 0 Å². The molecular formula is C19H19FN4O2. The van der Waals surface area contributed by atoms with Gasteiger partial charge >= 0.3 is 0 Å². The molecule has 2 aromatic heterocycles. The predicted molar refractivity (Wildman–Crippen MR) is 94.1 cm³/mol. The van der Waals surface area contributed by atoms with Crippen LogP contribution >= 0.6 is 0 Å². The third-order valence-electron chi connectivity index (χ3n) is 3.81. The number of carbonyl (C=O) groups is 1. The largest absolute Gasteiger partial charge is 0.487 e. The molecule has 0 aliphatic rings. The number of hydrogen-bond donors (Lipinski definition) is 2. The Morgan fingerprint density at radius 2 is 2.15 bits per heavy atom. The normalized spacial score (nSPS) is 11.8. The Kier molecular flexibility index (Phi) is 5.58. The molecule has 0 spiro atoms. The second-order valence-corrected chi connectivity index (χ2v) is 5.71. The van der Waals surface area contributed by atoms with Gasteiger partial charge in [-0.25, -0.2) is 4.39 Å². The molecule has 2 N–H and O–H groups in total. The molecule has 0 aliphatic heterocycles. The van der Waals surface area contributed by atoms with Crippen LogP contribution in [0.2, 0.25) is 0 Å². The van der Waals surface area contributed by atoms with Crippen molar-refractivity contribution in [3.05, 3.63) is 77.6 Å². The van der Waals surface area contributed by atoms with E-state index in [2.05, 4.69) is 20.5 Å². The van der Waals surface area contributed by atoms with E-state index in [1.165, 1.54) is 12.1 Å². The molecule has 0 fully saturated rings. The molecule has 1 unspecified atom stereocenters. The minimum atomic E-state index is -0.368. The van der Waals surface area contributed by atoms with Crippen LogP contribution in [0.15, 0.2) is 54.7 Å². The smallest absolute Gasteiger partial charge is 0.272 e. The van der Waals surface area contributed by atoms with E-state index in [0.29, 0.717) is 17.9 Å². The van der Waals surface area contributed by atoms with Gasteiger partial charge in [0, 0.05) is 12.3 Å². The van der Waals surface area contributed by atoms with Gasteiger partial charge in [0.15, 0.2) is 0 Å². The number of pyridine rings is 1. The first kappa shape index (κ1) is 17.6. The number of aromatic amines is 1. The fraction of sp³-hybridized carbons (Fsp3) is 0.211. The zero-order chi connectivity index (χ0) is 18.4. The maximum Gasteiger partial charge on any atom is 0.272 e. The first-order valence-corrected chi connectivity index (χ1v) is 8.30. The van der Waals surface area contributed by atoms with Crippen LogP contribution < -0.4 is 10.1 Å². The van der Waals surface area contributed by atoms with Crippen LogP contribution in [0.1, 0.15) is 41.3 Å². The van der Waals surface area contributed by atoms with Crippen molar-refractivity contribution in [1.29, 1.82) is 0 Å². The number of carbonyl (C=O) groups excluding carboxylic acids is 1. The molecule has 134 valence electrons. The van der Waals surface area contributed by atoms with Gasteiger partial charge in [0.2, 0.25) is 0 Å². The Morgan fingerprint density at radius 3 is 2.88 bits per heavy atom. The molecule has 7 heteroatoms. The Bertz CT molecular complexity index is 867. The average molecular weight is 354 g/mol. The van der Waals surface area contributed by atoms with Gasteiger partial charge in [-0.05, 0) is 36.8 Å². The zero-order valence-corrected chi connectivity index (χ0v) is 14.3. The maximum absolute atomic E-state index is 13.1.